The summed E-state index contributed by atoms with van der Waals surface area (Å²) in [5.41, 5.74) is 2.63. The number of ether oxygens (including phenoxy) is 1. The van der Waals surface area contributed by atoms with E-state index in [1.54, 1.807) is 18.3 Å². The second-order valence-corrected chi connectivity index (χ2v) is 11.1. The van der Waals surface area contributed by atoms with Gasteiger partial charge in [-0.2, -0.15) is 0 Å². The number of fused-ring (bicyclic) bond motifs is 2. The largest absolute Gasteiger partial charge is 0.462 e. The highest BCUT2D eigenvalue weighted by Crippen LogP contribution is 2.39. The first-order valence-electron chi connectivity index (χ1n) is 11.7. The van der Waals surface area contributed by atoms with Crippen LogP contribution in [0.2, 0.25) is 0 Å². The molecule has 1 aromatic carbocycles. The molecule has 1 amide bonds. The van der Waals surface area contributed by atoms with Gasteiger partial charge in [0.05, 0.1) is 17.9 Å². The van der Waals surface area contributed by atoms with Gasteiger partial charge >= 0.3 is 5.97 Å². The molecule has 4 aromatic rings. The van der Waals surface area contributed by atoms with E-state index in [0.29, 0.717) is 28.9 Å². The molecule has 1 aliphatic rings. The highest BCUT2D eigenvalue weighted by atomic mass is 32.2. The van der Waals surface area contributed by atoms with Crippen LogP contribution in [-0.2, 0) is 28.9 Å². The van der Waals surface area contributed by atoms with E-state index in [-0.39, 0.29) is 17.6 Å². The van der Waals surface area contributed by atoms with Gasteiger partial charge in [0.1, 0.15) is 5.00 Å². The first-order chi connectivity index (χ1) is 17.1. The fraction of sp³-hybridized carbons (Fsp3) is 0.360. The van der Waals surface area contributed by atoms with E-state index >= 15 is 0 Å². The molecular formula is C25H26N4O3S3. The smallest absolute Gasteiger partial charge is 0.341 e. The molecule has 10 heteroatoms. The summed E-state index contributed by atoms with van der Waals surface area (Å²) in [5, 5.41) is 16.4. The molecule has 0 spiro atoms. The number of nitrogens with zero attached hydrogens (tertiary/aromatic N) is 3. The topological polar surface area (TPSA) is 86.1 Å². The van der Waals surface area contributed by atoms with Crippen LogP contribution in [0.1, 0.15) is 47.5 Å². The van der Waals surface area contributed by atoms with Crippen LogP contribution in [0.3, 0.4) is 0 Å². The zero-order valence-electron chi connectivity index (χ0n) is 19.6. The molecule has 1 aliphatic carbocycles. The highest BCUT2D eigenvalue weighted by Gasteiger charge is 2.27. The third-order valence-corrected chi connectivity index (χ3v) is 9.13. The lowest BCUT2D eigenvalue weighted by Crippen LogP contribution is -2.17. The van der Waals surface area contributed by atoms with Crippen molar-refractivity contribution in [1.82, 2.24) is 14.8 Å². The predicted molar refractivity (Wildman–Crippen MR) is 143 cm³/mol. The number of aromatic nitrogens is 3. The third kappa shape index (κ3) is 4.74. The maximum atomic E-state index is 12.9. The molecule has 7 nitrogen and oxygen atoms in total. The number of carbonyl (C=O) groups is 2. The van der Waals surface area contributed by atoms with Crippen molar-refractivity contribution in [2.24, 2.45) is 0 Å². The minimum atomic E-state index is -0.354. The number of aryl methyl sites for hydroxylation is 1. The van der Waals surface area contributed by atoms with Crippen LogP contribution in [0, 0.1) is 0 Å². The second-order valence-electron chi connectivity index (χ2n) is 8.17. The number of benzene rings is 1. The van der Waals surface area contributed by atoms with Gasteiger partial charge in [-0.15, -0.1) is 32.9 Å². The van der Waals surface area contributed by atoms with Crippen molar-refractivity contribution < 1.29 is 14.3 Å². The van der Waals surface area contributed by atoms with E-state index in [1.165, 1.54) is 32.7 Å². The minimum absolute atomic E-state index is 0.174. The molecule has 0 saturated heterocycles. The monoisotopic (exact) mass is 526 g/mol. The number of rotatable bonds is 8. The van der Waals surface area contributed by atoms with Crippen LogP contribution in [0.15, 0.2) is 34.8 Å². The standard InChI is InChI=1S/C25H26N4O3S3/c1-3-29-22(17-13-33-18-11-7-5-9-15(17)18)27-28-25(29)34-14-20(30)26-23-21(24(31)32-4-2)16-10-6-8-12-19(16)35-23/h5,7,9,11,13H,3-4,6,8,10,12,14H2,1-2H3,(H,26,30). The SMILES string of the molecule is CCOC(=O)c1c(NC(=O)CSc2nnc(-c3csc4ccccc34)n2CC)sc2c1CCCC2. The summed E-state index contributed by atoms with van der Waals surface area (Å²) in [6, 6.07) is 8.25. The van der Waals surface area contributed by atoms with E-state index in [4.69, 9.17) is 4.74 Å². The van der Waals surface area contributed by atoms with E-state index in [0.717, 1.165) is 48.0 Å². The van der Waals surface area contributed by atoms with Crippen LogP contribution < -0.4 is 5.32 Å². The number of hydrogen-bond acceptors (Lipinski definition) is 8. The summed E-state index contributed by atoms with van der Waals surface area (Å²) in [5.74, 6) is 0.455. The van der Waals surface area contributed by atoms with Crippen LogP contribution in [0.4, 0.5) is 5.00 Å². The van der Waals surface area contributed by atoms with Gasteiger partial charge in [-0.1, -0.05) is 30.0 Å². The van der Waals surface area contributed by atoms with E-state index in [2.05, 4.69) is 33.0 Å². The van der Waals surface area contributed by atoms with Crippen molar-refractivity contribution >= 4 is 61.4 Å². The lowest BCUT2D eigenvalue weighted by Gasteiger charge is -2.12. The average molecular weight is 527 g/mol. The Kier molecular flexibility index (Phi) is 7.22. The number of hydrogen-bond donors (Lipinski definition) is 1. The molecule has 0 saturated carbocycles. The Morgan fingerprint density at radius 3 is 2.83 bits per heavy atom. The van der Waals surface area contributed by atoms with E-state index in [9.17, 15) is 9.59 Å². The Labute approximate surface area is 215 Å². The summed E-state index contributed by atoms with van der Waals surface area (Å²) in [6.07, 6.45) is 3.95. The van der Waals surface area contributed by atoms with Crippen molar-refractivity contribution in [1.29, 1.82) is 0 Å². The first-order valence-corrected chi connectivity index (χ1v) is 14.4. The Morgan fingerprint density at radius 1 is 1.17 bits per heavy atom. The normalized spacial score (nSPS) is 13.1. The molecule has 3 aromatic heterocycles. The highest BCUT2D eigenvalue weighted by molar-refractivity contribution is 7.99. The first kappa shape index (κ1) is 24.0. The number of esters is 1. The predicted octanol–water partition coefficient (Wildman–Crippen LogP) is 6.03. The molecule has 0 radical (unpaired) electrons. The fourth-order valence-corrected chi connectivity index (χ4v) is 7.43. The average Bonchev–Trinajstić information content (AvgIpc) is 3.56. The second kappa shape index (κ2) is 10.5. The van der Waals surface area contributed by atoms with Crippen molar-refractivity contribution in [3.8, 4) is 11.4 Å². The molecule has 1 N–H and O–H groups in total. The van der Waals surface area contributed by atoms with Crippen LogP contribution in [0.25, 0.3) is 21.5 Å². The van der Waals surface area contributed by atoms with Gasteiger partial charge in [0.2, 0.25) is 5.91 Å². The van der Waals surface area contributed by atoms with Crippen molar-refractivity contribution in [2.75, 3.05) is 17.7 Å². The number of thioether (sulfide) groups is 1. The Balaban J connectivity index is 1.33. The zero-order chi connectivity index (χ0) is 24.4. The molecular weight excluding hydrogens is 501 g/mol. The van der Waals surface area contributed by atoms with Crippen molar-refractivity contribution in [2.45, 2.75) is 51.2 Å². The van der Waals surface area contributed by atoms with E-state index in [1.807, 2.05) is 23.6 Å². The molecule has 3 heterocycles. The maximum Gasteiger partial charge on any atom is 0.341 e. The van der Waals surface area contributed by atoms with E-state index < -0.39 is 0 Å². The summed E-state index contributed by atoms with van der Waals surface area (Å²) < 4.78 is 8.54. The molecule has 0 fully saturated rings. The van der Waals surface area contributed by atoms with Gasteiger partial charge < -0.3 is 14.6 Å². The van der Waals surface area contributed by atoms with Gasteiger partial charge in [0.15, 0.2) is 11.0 Å². The molecule has 182 valence electrons. The van der Waals surface area contributed by atoms with Crippen molar-refractivity contribution in [3.05, 3.63) is 45.6 Å². The lowest BCUT2D eigenvalue weighted by molar-refractivity contribution is -0.113. The summed E-state index contributed by atoms with van der Waals surface area (Å²) >= 11 is 4.54. The van der Waals surface area contributed by atoms with Gasteiger partial charge in [-0.3, -0.25) is 4.79 Å². The Hall–Kier alpha value is -2.69. The van der Waals surface area contributed by atoms with Crippen LogP contribution >= 0.6 is 34.4 Å². The molecule has 0 unspecified atom stereocenters. The summed E-state index contributed by atoms with van der Waals surface area (Å²) in [6.45, 7) is 4.85. The number of carbonyl (C=O) groups excluding carboxylic acids is 2. The molecule has 35 heavy (non-hydrogen) atoms. The number of nitrogens with one attached hydrogen (secondary N) is 1. The minimum Gasteiger partial charge on any atom is -0.462 e. The van der Waals surface area contributed by atoms with Crippen LogP contribution in [0.5, 0.6) is 0 Å². The zero-order valence-corrected chi connectivity index (χ0v) is 22.1. The number of anilines is 1. The molecule has 5 rings (SSSR count). The fourth-order valence-electron chi connectivity index (χ4n) is 4.40. The van der Waals surface area contributed by atoms with Crippen molar-refractivity contribution in [3.63, 3.8) is 0 Å². The molecule has 0 aliphatic heterocycles. The summed E-state index contributed by atoms with van der Waals surface area (Å²) in [4.78, 5) is 26.7. The van der Waals surface area contributed by atoms with Gasteiger partial charge in [-0.25, -0.2) is 4.79 Å². The molecule has 0 atom stereocenters. The van der Waals surface area contributed by atoms with Gasteiger partial charge in [0, 0.05) is 32.5 Å². The quantitative estimate of drug-likeness (QED) is 0.223. The van der Waals surface area contributed by atoms with Gasteiger partial charge in [0.25, 0.3) is 0 Å². The number of amides is 1. The van der Waals surface area contributed by atoms with Gasteiger partial charge in [-0.05, 0) is 51.2 Å². The molecule has 0 bridgehead atoms. The van der Waals surface area contributed by atoms with Crippen LogP contribution in [-0.4, -0.2) is 39.0 Å². The lowest BCUT2D eigenvalue weighted by atomic mass is 9.95. The Morgan fingerprint density at radius 2 is 2.00 bits per heavy atom. The third-order valence-electron chi connectivity index (χ3n) is 5.99. The summed E-state index contributed by atoms with van der Waals surface area (Å²) in [7, 11) is 0. The maximum absolute atomic E-state index is 12.9. The number of thiophene rings is 2. The Bertz CT molecular complexity index is 1390.